The highest BCUT2D eigenvalue weighted by Gasteiger charge is 2.51. The van der Waals surface area contributed by atoms with E-state index in [0.717, 1.165) is 27.6 Å². The zero-order chi connectivity index (χ0) is 44.3. The summed E-state index contributed by atoms with van der Waals surface area (Å²) in [7, 11) is -0.402. The van der Waals surface area contributed by atoms with Crippen LogP contribution in [0.1, 0.15) is 142 Å². The van der Waals surface area contributed by atoms with E-state index in [2.05, 4.69) is 137 Å². The SMILES string of the molecule is CCCCCCCCC(CCCCCCCC)n1c2cc(B3OC(C)(C)C(C)(C)O3)ccc2c2ccc(-c3ccc(-c4ccc(-c5ccc(C6=CC=[C+]C=C6)s5)c5nsnc45)s3)cc21. The number of benzene rings is 3. The van der Waals surface area contributed by atoms with Crippen molar-refractivity contribution in [3.05, 3.63) is 108 Å². The number of rotatable bonds is 20. The lowest BCUT2D eigenvalue weighted by Gasteiger charge is -2.32. The number of hydrogen-bond acceptors (Lipinski definition) is 7. The predicted molar refractivity (Wildman–Crippen MR) is 278 cm³/mol. The van der Waals surface area contributed by atoms with E-state index in [-0.39, 0.29) is 0 Å². The van der Waals surface area contributed by atoms with Gasteiger partial charge in [-0.15, -0.1) is 22.7 Å². The molecule has 1 fully saturated rings. The van der Waals surface area contributed by atoms with Gasteiger partial charge in [-0.1, -0.05) is 127 Å². The molecule has 0 radical (unpaired) electrons. The van der Waals surface area contributed by atoms with Gasteiger partial charge in [0.25, 0.3) is 0 Å². The van der Waals surface area contributed by atoms with Crippen LogP contribution < -0.4 is 5.46 Å². The fourth-order valence-corrected chi connectivity index (χ4v) is 12.2. The van der Waals surface area contributed by atoms with Crippen molar-refractivity contribution in [2.45, 2.75) is 149 Å². The average Bonchev–Trinajstić information content (AvgIpc) is 4.15. The Morgan fingerprint density at radius 2 is 1.17 bits per heavy atom. The molecule has 2 aliphatic rings. The number of allylic oxidation sites excluding steroid dienone is 6. The zero-order valence-electron chi connectivity index (χ0n) is 38.7. The third kappa shape index (κ3) is 9.27. The molecular weight excluding hydrogens is 842 g/mol. The van der Waals surface area contributed by atoms with E-state index < -0.39 is 18.3 Å². The first-order valence-corrected chi connectivity index (χ1v) is 26.4. The van der Waals surface area contributed by atoms with E-state index in [1.54, 1.807) is 11.3 Å². The topological polar surface area (TPSA) is 49.2 Å². The number of thiophene rings is 2. The smallest absolute Gasteiger partial charge is 0.399 e. The molecule has 0 atom stereocenters. The first kappa shape index (κ1) is 45.0. The van der Waals surface area contributed by atoms with E-state index in [0.29, 0.717) is 6.04 Å². The van der Waals surface area contributed by atoms with E-state index in [1.807, 2.05) is 23.5 Å². The Morgan fingerprint density at radius 1 is 0.625 bits per heavy atom. The Bertz CT molecular complexity index is 2780. The highest BCUT2D eigenvalue weighted by atomic mass is 32.1. The minimum atomic E-state index is -0.402. The molecule has 0 amide bonds. The van der Waals surface area contributed by atoms with Gasteiger partial charge in [-0.25, -0.2) is 0 Å². The lowest BCUT2D eigenvalue weighted by Crippen LogP contribution is -2.41. The molecule has 0 saturated carbocycles. The molecule has 5 heterocycles. The fourth-order valence-electron chi connectivity index (χ4n) is 9.55. The van der Waals surface area contributed by atoms with Crippen LogP contribution in [0.2, 0.25) is 0 Å². The van der Waals surface area contributed by atoms with Gasteiger partial charge in [0.15, 0.2) is 0 Å². The highest BCUT2D eigenvalue weighted by Crippen LogP contribution is 2.44. The average molecular weight is 905 g/mol. The molecule has 9 rings (SSSR count). The van der Waals surface area contributed by atoms with Crippen LogP contribution in [-0.2, 0) is 9.31 Å². The lowest BCUT2D eigenvalue weighted by molar-refractivity contribution is 0.00578. The second-order valence-electron chi connectivity index (χ2n) is 19.0. The monoisotopic (exact) mass is 904 g/mol. The second kappa shape index (κ2) is 19.7. The molecule has 3 aromatic carbocycles. The van der Waals surface area contributed by atoms with Crippen LogP contribution in [-0.4, -0.2) is 31.6 Å². The molecule has 0 N–H and O–H groups in total. The standard InChI is InChI=1S/C55H63BN3O2S3/c1-7-9-11-13-15-20-24-41(25-21-16-14-12-10-8-2)59-46-36-39(26-28-42(46)43-29-27-40(37-47(43)59)56-60-54(3,4)55(5,6)61-56)49-33-35-51(63-49)45-31-30-44(52-53(45)58-64-57-52)50-34-32-48(62-50)38-22-18-17-19-23-38/h18-19,22-23,26-37,41H,7-16,20-21,24-25H2,1-6H3/q+1. The lowest BCUT2D eigenvalue weighted by atomic mass is 9.78. The number of unbranched alkanes of at least 4 members (excludes halogenated alkanes) is 10. The third-order valence-corrected chi connectivity index (χ3v) is 16.8. The second-order valence-corrected chi connectivity index (χ2v) is 21.7. The predicted octanol–water partition coefficient (Wildman–Crippen LogP) is 16.6. The fraction of sp³-hybridized carbons (Fsp3) is 0.418. The molecule has 0 spiro atoms. The maximum absolute atomic E-state index is 6.64. The van der Waals surface area contributed by atoms with Gasteiger partial charge in [-0.3, -0.25) is 0 Å². The maximum Gasteiger partial charge on any atom is 0.494 e. The summed E-state index contributed by atoms with van der Waals surface area (Å²) in [5.74, 6) is 0. The first-order valence-electron chi connectivity index (χ1n) is 24.0. The molecule has 1 aliphatic carbocycles. The van der Waals surface area contributed by atoms with Crippen LogP contribution in [0.4, 0.5) is 0 Å². The Hall–Kier alpha value is -4.21. The number of nitrogens with zero attached hydrogens (tertiary/aromatic N) is 3. The van der Waals surface area contributed by atoms with Crippen LogP contribution in [0.5, 0.6) is 0 Å². The molecule has 9 heteroatoms. The van der Waals surface area contributed by atoms with Crippen LogP contribution in [0, 0.1) is 6.08 Å². The molecule has 1 aliphatic heterocycles. The maximum atomic E-state index is 6.64. The van der Waals surface area contributed by atoms with Gasteiger partial charge in [-0.2, -0.15) is 8.75 Å². The number of fused-ring (bicyclic) bond motifs is 4. The molecule has 330 valence electrons. The molecule has 0 bridgehead atoms. The number of aromatic nitrogens is 3. The van der Waals surface area contributed by atoms with Gasteiger partial charge < -0.3 is 13.9 Å². The van der Waals surface area contributed by atoms with Gasteiger partial charge in [0.1, 0.15) is 28.8 Å². The quantitative estimate of drug-likeness (QED) is 0.0434. The van der Waals surface area contributed by atoms with E-state index in [9.17, 15) is 0 Å². The molecule has 7 aromatic rings. The summed E-state index contributed by atoms with van der Waals surface area (Å²) in [6.45, 7) is 13.2. The largest absolute Gasteiger partial charge is 0.494 e. The Labute approximate surface area is 393 Å². The molecule has 0 unspecified atom stereocenters. The molecule has 64 heavy (non-hydrogen) atoms. The van der Waals surface area contributed by atoms with Crippen molar-refractivity contribution >= 4 is 85.4 Å². The summed E-state index contributed by atoms with van der Waals surface area (Å²) in [4.78, 5) is 4.92. The van der Waals surface area contributed by atoms with Gasteiger partial charge in [0, 0.05) is 54.2 Å². The van der Waals surface area contributed by atoms with Crippen molar-refractivity contribution in [1.29, 1.82) is 0 Å². The van der Waals surface area contributed by atoms with Crippen LogP contribution in [0.25, 0.3) is 69.7 Å². The van der Waals surface area contributed by atoms with Crippen LogP contribution in [0.3, 0.4) is 0 Å². The summed E-state index contributed by atoms with van der Waals surface area (Å²) in [5, 5.41) is 2.63. The summed E-state index contributed by atoms with van der Waals surface area (Å²) >= 11 is 4.95. The molecule has 1 saturated heterocycles. The van der Waals surface area contributed by atoms with Crippen molar-refractivity contribution in [2.75, 3.05) is 0 Å². The molecule has 4 aromatic heterocycles. The Kier molecular flexibility index (Phi) is 13.9. The van der Waals surface area contributed by atoms with Crippen molar-refractivity contribution in [2.24, 2.45) is 0 Å². The normalized spacial score (nSPS) is 15.7. The summed E-state index contributed by atoms with van der Waals surface area (Å²) in [6, 6.07) is 28.1. The minimum absolute atomic E-state index is 0.397. The summed E-state index contributed by atoms with van der Waals surface area (Å²) in [5.41, 5.74) is 9.62. The van der Waals surface area contributed by atoms with Crippen LogP contribution in [0.15, 0.2) is 97.1 Å². The van der Waals surface area contributed by atoms with E-state index in [4.69, 9.17) is 18.1 Å². The van der Waals surface area contributed by atoms with Crippen LogP contribution >= 0.6 is 34.4 Å². The van der Waals surface area contributed by atoms with E-state index in [1.165, 1.54) is 154 Å². The van der Waals surface area contributed by atoms with Crippen molar-refractivity contribution in [3.8, 4) is 31.3 Å². The van der Waals surface area contributed by atoms with Gasteiger partial charge >= 0.3 is 7.12 Å². The zero-order valence-corrected chi connectivity index (χ0v) is 41.1. The van der Waals surface area contributed by atoms with Gasteiger partial charge in [-0.05, 0) is 88.0 Å². The van der Waals surface area contributed by atoms with Gasteiger partial charge in [0.2, 0.25) is 0 Å². The highest BCUT2D eigenvalue weighted by molar-refractivity contribution is 7.19. The summed E-state index contributed by atoms with van der Waals surface area (Å²) in [6.07, 6.45) is 29.4. The first-order chi connectivity index (χ1) is 31.2. The van der Waals surface area contributed by atoms with Crippen molar-refractivity contribution in [1.82, 2.24) is 13.3 Å². The summed E-state index contributed by atoms with van der Waals surface area (Å²) < 4.78 is 25.8. The third-order valence-electron chi connectivity index (χ3n) is 13.9. The Balaban J connectivity index is 1.08. The van der Waals surface area contributed by atoms with E-state index >= 15 is 0 Å². The van der Waals surface area contributed by atoms with Crippen molar-refractivity contribution < 1.29 is 9.31 Å². The van der Waals surface area contributed by atoms with Crippen molar-refractivity contribution in [3.63, 3.8) is 0 Å². The molecular formula is C55H63BN3O2S3+. The number of hydrogen-bond donors (Lipinski definition) is 0. The van der Waals surface area contributed by atoms with Gasteiger partial charge in [0.05, 0.1) is 45.5 Å². The molecule has 5 nitrogen and oxygen atoms in total. The Morgan fingerprint density at radius 3 is 1.78 bits per heavy atom. The minimum Gasteiger partial charge on any atom is -0.399 e.